The molecule has 0 radical (unpaired) electrons. The first-order chi connectivity index (χ1) is 17.4. The molecule has 0 spiro atoms. The lowest BCUT2D eigenvalue weighted by atomic mass is 10.0. The fourth-order valence-corrected chi connectivity index (χ4v) is 7.63. The minimum atomic E-state index is -3.60. The van der Waals surface area contributed by atoms with Gasteiger partial charge in [0.15, 0.2) is 5.13 Å². The Balaban J connectivity index is 1.46. The van der Waals surface area contributed by atoms with Crippen LogP contribution in [0.15, 0.2) is 75.1 Å². The highest BCUT2D eigenvalue weighted by Gasteiger charge is 2.29. The van der Waals surface area contributed by atoms with Crippen molar-refractivity contribution in [3.63, 3.8) is 0 Å². The molecule has 1 saturated heterocycles. The highest BCUT2D eigenvalue weighted by Crippen LogP contribution is 2.35. The van der Waals surface area contributed by atoms with Crippen LogP contribution in [0.1, 0.15) is 35.9 Å². The van der Waals surface area contributed by atoms with Gasteiger partial charge in [0.1, 0.15) is 5.76 Å². The number of furan rings is 1. The maximum absolute atomic E-state index is 13.7. The molecule has 0 aliphatic carbocycles. The third-order valence-electron chi connectivity index (χ3n) is 6.32. The van der Waals surface area contributed by atoms with Gasteiger partial charge in [0.25, 0.3) is 5.91 Å². The molecular formula is C26H27N3O4S3. The topological polar surface area (TPSA) is 83.7 Å². The Morgan fingerprint density at radius 1 is 1.19 bits per heavy atom. The van der Waals surface area contributed by atoms with E-state index in [4.69, 9.17) is 9.40 Å². The van der Waals surface area contributed by atoms with Crippen molar-refractivity contribution >= 4 is 54.4 Å². The molecule has 7 nitrogen and oxygen atoms in total. The number of thioether (sulfide) groups is 1. The van der Waals surface area contributed by atoms with E-state index in [1.807, 2.05) is 30.5 Å². The second kappa shape index (κ2) is 10.4. The third-order valence-corrected chi connectivity index (χ3v) is 10.0. The lowest BCUT2D eigenvalue weighted by Gasteiger charge is -2.30. The van der Waals surface area contributed by atoms with Crippen LogP contribution in [0.5, 0.6) is 0 Å². The number of anilines is 1. The summed E-state index contributed by atoms with van der Waals surface area (Å²) >= 11 is 3.05. The molecule has 0 bridgehead atoms. The molecule has 36 heavy (non-hydrogen) atoms. The number of hydrogen-bond acceptors (Lipinski definition) is 7. The molecule has 1 aliphatic rings. The molecule has 2 aromatic carbocycles. The molecule has 2 aromatic heterocycles. The van der Waals surface area contributed by atoms with Gasteiger partial charge in [-0.25, -0.2) is 13.4 Å². The zero-order valence-corrected chi connectivity index (χ0v) is 22.5. The van der Waals surface area contributed by atoms with E-state index in [0.717, 1.165) is 28.0 Å². The van der Waals surface area contributed by atoms with Crippen molar-refractivity contribution < 1.29 is 17.6 Å². The van der Waals surface area contributed by atoms with Crippen LogP contribution in [-0.4, -0.2) is 43.0 Å². The number of carbonyl (C=O) groups is 1. The molecule has 3 heterocycles. The van der Waals surface area contributed by atoms with Gasteiger partial charge in [0.05, 0.1) is 27.9 Å². The molecule has 5 rings (SSSR count). The summed E-state index contributed by atoms with van der Waals surface area (Å²) in [5, 5.41) is 0.562. The van der Waals surface area contributed by atoms with E-state index < -0.39 is 10.0 Å². The monoisotopic (exact) mass is 541 g/mol. The fourth-order valence-electron chi connectivity index (χ4n) is 4.42. The number of sulfonamides is 1. The quantitative estimate of drug-likeness (QED) is 0.272. The van der Waals surface area contributed by atoms with E-state index in [2.05, 4.69) is 6.92 Å². The molecule has 4 aromatic rings. The van der Waals surface area contributed by atoms with Crippen molar-refractivity contribution in [2.75, 3.05) is 24.2 Å². The molecule has 1 aliphatic heterocycles. The van der Waals surface area contributed by atoms with E-state index in [1.54, 1.807) is 45.4 Å². The van der Waals surface area contributed by atoms with Crippen LogP contribution < -0.4 is 4.90 Å². The van der Waals surface area contributed by atoms with Crippen LogP contribution >= 0.6 is 23.1 Å². The van der Waals surface area contributed by atoms with Crippen molar-refractivity contribution in [2.45, 2.75) is 36.1 Å². The Bertz CT molecular complexity index is 1460. The maximum Gasteiger partial charge on any atom is 0.260 e. The fraction of sp³-hybridized carbons (Fsp3) is 0.308. The van der Waals surface area contributed by atoms with Crippen LogP contribution in [0.25, 0.3) is 10.2 Å². The van der Waals surface area contributed by atoms with Crippen molar-refractivity contribution in [1.29, 1.82) is 0 Å². The number of benzene rings is 2. The first-order valence-corrected chi connectivity index (χ1v) is 15.2. The van der Waals surface area contributed by atoms with Gasteiger partial charge in [-0.05, 0) is 73.5 Å². The summed E-state index contributed by atoms with van der Waals surface area (Å²) in [6.07, 6.45) is 5.47. The lowest BCUT2D eigenvalue weighted by molar-refractivity contribution is 0.0983. The number of rotatable bonds is 7. The molecule has 188 valence electrons. The van der Waals surface area contributed by atoms with E-state index in [-0.39, 0.29) is 17.3 Å². The summed E-state index contributed by atoms with van der Waals surface area (Å²) < 4.78 is 34.4. The third kappa shape index (κ3) is 4.95. The van der Waals surface area contributed by atoms with E-state index >= 15 is 0 Å². The van der Waals surface area contributed by atoms with E-state index in [9.17, 15) is 13.2 Å². The Morgan fingerprint density at radius 3 is 2.69 bits per heavy atom. The Morgan fingerprint density at radius 2 is 2.00 bits per heavy atom. The molecule has 0 saturated carbocycles. The highest BCUT2D eigenvalue weighted by molar-refractivity contribution is 7.98. The Kier molecular flexibility index (Phi) is 7.21. The average Bonchev–Trinajstić information content (AvgIpc) is 3.56. The molecule has 1 atom stereocenters. The predicted molar refractivity (Wildman–Crippen MR) is 144 cm³/mol. The summed E-state index contributed by atoms with van der Waals surface area (Å²) in [5.74, 6) is 0.697. The number of piperidine rings is 1. The van der Waals surface area contributed by atoms with Crippen LogP contribution in [-0.2, 0) is 16.6 Å². The number of thiazole rings is 1. The van der Waals surface area contributed by atoms with Gasteiger partial charge in [0, 0.05) is 23.5 Å². The average molecular weight is 542 g/mol. The van der Waals surface area contributed by atoms with E-state index in [1.165, 1.54) is 23.5 Å². The number of hydrogen-bond donors (Lipinski definition) is 0. The second-order valence-electron chi connectivity index (χ2n) is 8.91. The number of carbonyl (C=O) groups excluding carboxylic acids is 1. The van der Waals surface area contributed by atoms with Gasteiger partial charge in [0.2, 0.25) is 10.0 Å². The SMILES string of the molecule is CSc1cccc2sc(N(Cc3ccco3)C(=O)c3ccc(S(=O)(=O)N4CCCC(C)C4)cc3)nc12. The number of nitrogens with zero attached hydrogens (tertiary/aromatic N) is 3. The number of para-hydroxylation sites is 1. The van der Waals surface area contributed by atoms with Crippen LogP contribution in [0.2, 0.25) is 0 Å². The van der Waals surface area contributed by atoms with Gasteiger partial charge in [-0.1, -0.05) is 24.3 Å². The van der Waals surface area contributed by atoms with Crippen molar-refractivity contribution in [2.24, 2.45) is 5.92 Å². The Hall–Kier alpha value is -2.66. The van der Waals surface area contributed by atoms with Crippen LogP contribution in [0.3, 0.4) is 0 Å². The summed E-state index contributed by atoms with van der Waals surface area (Å²) in [6.45, 7) is 3.34. The predicted octanol–water partition coefficient (Wildman–Crippen LogP) is 5.88. The molecule has 0 N–H and O–H groups in total. The minimum Gasteiger partial charge on any atom is -0.467 e. The lowest BCUT2D eigenvalue weighted by Crippen LogP contribution is -2.39. The van der Waals surface area contributed by atoms with Crippen molar-refractivity contribution in [3.05, 3.63) is 72.2 Å². The van der Waals surface area contributed by atoms with Crippen LogP contribution in [0.4, 0.5) is 5.13 Å². The standard InChI is InChI=1S/C26H27N3O4S3/c1-18-6-4-14-28(16-18)36(31,32)21-12-10-19(11-13-21)25(30)29(17-20-7-5-15-33-20)26-27-24-22(34-2)8-3-9-23(24)35-26/h3,5,7-13,15,18H,4,6,14,16-17H2,1-2H3. The highest BCUT2D eigenvalue weighted by atomic mass is 32.2. The summed E-state index contributed by atoms with van der Waals surface area (Å²) in [4.78, 5) is 21.3. The van der Waals surface area contributed by atoms with Gasteiger partial charge >= 0.3 is 0 Å². The molecule has 1 amide bonds. The van der Waals surface area contributed by atoms with Gasteiger partial charge < -0.3 is 4.42 Å². The summed E-state index contributed by atoms with van der Waals surface area (Å²) in [7, 11) is -3.60. The number of amides is 1. The molecule has 1 fully saturated rings. The normalized spacial score (nSPS) is 16.9. The molecule has 10 heteroatoms. The van der Waals surface area contributed by atoms with E-state index in [0.29, 0.717) is 35.5 Å². The maximum atomic E-state index is 13.7. The first-order valence-electron chi connectivity index (χ1n) is 11.7. The Labute approximate surface area is 219 Å². The van der Waals surface area contributed by atoms with Crippen molar-refractivity contribution in [1.82, 2.24) is 9.29 Å². The van der Waals surface area contributed by atoms with Gasteiger partial charge in [-0.2, -0.15) is 4.31 Å². The zero-order chi connectivity index (χ0) is 25.3. The molecule has 1 unspecified atom stereocenters. The first kappa shape index (κ1) is 25.0. The van der Waals surface area contributed by atoms with Gasteiger partial charge in [-0.3, -0.25) is 9.69 Å². The summed E-state index contributed by atoms with van der Waals surface area (Å²) in [5.41, 5.74) is 1.25. The second-order valence-corrected chi connectivity index (χ2v) is 12.7. The largest absolute Gasteiger partial charge is 0.467 e. The number of aromatic nitrogens is 1. The van der Waals surface area contributed by atoms with Gasteiger partial charge in [-0.15, -0.1) is 11.8 Å². The van der Waals surface area contributed by atoms with Crippen molar-refractivity contribution in [3.8, 4) is 0 Å². The van der Waals surface area contributed by atoms with Crippen LogP contribution in [0, 0.1) is 5.92 Å². The molecular weight excluding hydrogens is 515 g/mol. The minimum absolute atomic E-state index is 0.204. The smallest absolute Gasteiger partial charge is 0.260 e. The summed E-state index contributed by atoms with van der Waals surface area (Å²) in [6, 6.07) is 15.8. The zero-order valence-electron chi connectivity index (χ0n) is 20.1. The number of fused-ring (bicyclic) bond motifs is 1.